The minimum Gasteiger partial charge on any atom is -0.481 e. The Balaban J connectivity index is 1.81. The highest BCUT2D eigenvalue weighted by atomic mass is 79.9. The zero-order valence-electron chi connectivity index (χ0n) is 17.1. The van der Waals surface area contributed by atoms with Crippen LogP contribution in [0.25, 0.3) is 0 Å². The number of ketones is 1. The Labute approximate surface area is 192 Å². The Morgan fingerprint density at radius 1 is 0.938 bits per heavy atom. The summed E-state index contributed by atoms with van der Waals surface area (Å²) in [7, 11) is 0. The molecule has 0 bridgehead atoms. The molecular formula is C24H20BrFN2O4. The zero-order valence-corrected chi connectivity index (χ0v) is 18.7. The summed E-state index contributed by atoms with van der Waals surface area (Å²) in [6.45, 7) is 1.79. The van der Waals surface area contributed by atoms with Gasteiger partial charge in [-0.25, -0.2) is 4.39 Å². The first kappa shape index (κ1) is 23.1. The molecule has 0 heterocycles. The third-order valence-corrected chi connectivity index (χ3v) is 5.20. The van der Waals surface area contributed by atoms with Gasteiger partial charge in [0.1, 0.15) is 5.82 Å². The first-order valence-corrected chi connectivity index (χ1v) is 10.5. The number of hydrogen-bond donors (Lipinski definition) is 3. The molecule has 0 aliphatic rings. The van der Waals surface area contributed by atoms with Crippen LogP contribution in [-0.4, -0.2) is 22.8 Å². The molecule has 3 aromatic rings. The summed E-state index contributed by atoms with van der Waals surface area (Å²) in [5.41, 5.74) is 2.42. The lowest BCUT2D eigenvalue weighted by Gasteiger charge is -2.14. The summed E-state index contributed by atoms with van der Waals surface area (Å²) >= 11 is 3.33. The number of rotatable bonds is 8. The van der Waals surface area contributed by atoms with Crippen LogP contribution >= 0.6 is 15.9 Å². The van der Waals surface area contributed by atoms with Crippen molar-refractivity contribution in [2.45, 2.75) is 19.8 Å². The molecule has 3 aromatic carbocycles. The molecule has 0 fully saturated rings. The standard InChI is InChI=1S/C24H20BrFN2O4/c1-14-4-2-3-5-17(14)24(32)18-8-7-16(13-19(18)26)27-20-9-6-15(25)12-21(20)28-22(29)10-11-23(30)31/h2-9,12-13,27H,10-11H2,1H3,(H,28,29)(H,30,31). The Bertz CT molecular complexity index is 1200. The van der Waals surface area contributed by atoms with E-state index < -0.39 is 23.5 Å². The highest BCUT2D eigenvalue weighted by Gasteiger charge is 2.17. The number of hydrogen-bond acceptors (Lipinski definition) is 4. The molecule has 0 atom stereocenters. The second-order valence-corrected chi connectivity index (χ2v) is 8.01. The van der Waals surface area contributed by atoms with Crippen LogP contribution in [0.4, 0.5) is 21.5 Å². The molecule has 0 saturated carbocycles. The normalized spacial score (nSPS) is 10.5. The van der Waals surface area contributed by atoms with Crippen LogP contribution in [0.3, 0.4) is 0 Å². The molecule has 32 heavy (non-hydrogen) atoms. The van der Waals surface area contributed by atoms with Crippen LogP contribution < -0.4 is 10.6 Å². The van der Waals surface area contributed by atoms with Crippen molar-refractivity contribution in [3.05, 3.63) is 87.6 Å². The molecule has 0 saturated heterocycles. The van der Waals surface area contributed by atoms with Gasteiger partial charge in [0.2, 0.25) is 5.91 Å². The summed E-state index contributed by atoms with van der Waals surface area (Å²) < 4.78 is 15.5. The molecule has 0 aromatic heterocycles. The smallest absolute Gasteiger partial charge is 0.303 e. The molecule has 6 nitrogen and oxygen atoms in total. The van der Waals surface area contributed by atoms with E-state index in [1.807, 2.05) is 6.07 Å². The number of benzene rings is 3. The summed E-state index contributed by atoms with van der Waals surface area (Å²) in [6.07, 6.45) is -0.462. The third-order valence-electron chi connectivity index (χ3n) is 4.70. The highest BCUT2D eigenvalue weighted by Crippen LogP contribution is 2.30. The average molecular weight is 499 g/mol. The van der Waals surface area contributed by atoms with Gasteiger partial charge in [-0.3, -0.25) is 14.4 Å². The van der Waals surface area contributed by atoms with E-state index >= 15 is 0 Å². The zero-order chi connectivity index (χ0) is 23.3. The Morgan fingerprint density at radius 3 is 2.38 bits per heavy atom. The van der Waals surface area contributed by atoms with Gasteiger partial charge in [0.25, 0.3) is 0 Å². The van der Waals surface area contributed by atoms with Crippen molar-refractivity contribution in [2.75, 3.05) is 10.6 Å². The van der Waals surface area contributed by atoms with Crippen LogP contribution in [0.1, 0.15) is 34.3 Å². The van der Waals surface area contributed by atoms with Gasteiger partial charge in [0, 0.05) is 22.1 Å². The van der Waals surface area contributed by atoms with E-state index in [2.05, 4.69) is 26.6 Å². The van der Waals surface area contributed by atoms with Crippen molar-refractivity contribution in [2.24, 2.45) is 0 Å². The van der Waals surface area contributed by atoms with E-state index in [-0.39, 0.29) is 18.4 Å². The van der Waals surface area contributed by atoms with Gasteiger partial charge in [-0.2, -0.15) is 0 Å². The van der Waals surface area contributed by atoms with E-state index in [0.717, 1.165) is 5.56 Å². The van der Waals surface area contributed by atoms with Gasteiger partial charge in [-0.05, 0) is 48.9 Å². The molecule has 8 heteroatoms. The van der Waals surface area contributed by atoms with Gasteiger partial charge in [-0.1, -0.05) is 40.2 Å². The molecule has 0 aliphatic heterocycles. The number of carbonyl (C=O) groups is 3. The summed E-state index contributed by atoms with van der Waals surface area (Å²) in [5.74, 6) is -2.60. The predicted molar refractivity (Wildman–Crippen MR) is 124 cm³/mol. The van der Waals surface area contributed by atoms with Crippen LogP contribution in [-0.2, 0) is 9.59 Å². The van der Waals surface area contributed by atoms with Gasteiger partial charge in [-0.15, -0.1) is 0 Å². The van der Waals surface area contributed by atoms with Crippen LogP contribution in [0.2, 0.25) is 0 Å². The first-order chi connectivity index (χ1) is 15.2. The van der Waals surface area contributed by atoms with Crippen molar-refractivity contribution in [3.63, 3.8) is 0 Å². The lowest BCUT2D eigenvalue weighted by molar-refractivity contribution is -0.138. The Hall–Kier alpha value is -3.52. The minimum absolute atomic E-state index is 0.0390. The van der Waals surface area contributed by atoms with Gasteiger partial charge < -0.3 is 15.7 Å². The topological polar surface area (TPSA) is 95.5 Å². The second-order valence-electron chi connectivity index (χ2n) is 7.10. The van der Waals surface area contributed by atoms with E-state index in [9.17, 15) is 18.8 Å². The summed E-state index contributed by atoms with van der Waals surface area (Å²) in [6, 6.07) is 16.3. The number of aryl methyl sites for hydroxylation is 1. The van der Waals surface area contributed by atoms with Crippen molar-refractivity contribution in [3.8, 4) is 0 Å². The fourth-order valence-electron chi connectivity index (χ4n) is 3.07. The van der Waals surface area contributed by atoms with Gasteiger partial charge >= 0.3 is 5.97 Å². The SMILES string of the molecule is Cc1ccccc1C(=O)c1ccc(Nc2ccc(Br)cc2NC(=O)CCC(=O)O)cc1F. The monoisotopic (exact) mass is 498 g/mol. The molecule has 0 unspecified atom stereocenters. The van der Waals surface area contributed by atoms with Gasteiger partial charge in [0.15, 0.2) is 5.78 Å². The number of nitrogens with one attached hydrogen (secondary N) is 2. The molecule has 164 valence electrons. The molecule has 0 radical (unpaired) electrons. The van der Waals surface area contributed by atoms with E-state index in [0.29, 0.717) is 27.1 Å². The van der Waals surface area contributed by atoms with Crippen molar-refractivity contribution in [1.82, 2.24) is 0 Å². The maximum Gasteiger partial charge on any atom is 0.303 e. The minimum atomic E-state index is -1.07. The molecule has 0 aliphatic carbocycles. The molecule has 3 N–H and O–H groups in total. The molecule has 0 spiro atoms. The van der Waals surface area contributed by atoms with E-state index in [1.165, 1.54) is 12.1 Å². The lowest BCUT2D eigenvalue weighted by Crippen LogP contribution is -2.14. The summed E-state index contributed by atoms with van der Waals surface area (Å²) in [5, 5.41) is 14.4. The maximum atomic E-state index is 14.8. The number of halogens is 2. The average Bonchev–Trinajstić information content (AvgIpc) is 2.74. The quantitative estimate of drug-likeness (QED) is 0.347. The molecular weight excluding hydrogens is 479 g/mol. The van der Waals surface area contributed by atoms with Gasteiger partial charge in [0.05, 0.1) is 23.4 Å². The second kappa shape index (κ2) is 10.2. The fraction of sp³-hybridized carbons (Fsp3) is 0.125. The van der Waals surface area contributed by atoms with Crippen LogP contribution in [0.5, 0.6) is 0 Å². The van der Waals surface area contributed by atoms with Crippen LogP contribution in [0, 0.1) is 12.7 Å². The lowest BCUT2D eigenvalue weighted by atomic mass is 9.98. The number of carboxylic acids is 1. The van der Waals surface area contributed by atoms with E-state index in [4.69, 9.17) is 5.11 Å². The number of carboxylic acid groups (broad SMARTS) is 1. The first-order valence-electron chi connectivity index (χ1n) is 9.72. The number of anilines is 3. The van der Waals surface area contributed by atoms with Crippen molar-refractivity contribution in [1.29, 1.82) is 0 Å². The van der Waals surface area contributed by atoms with Crippen LogP contribution in [0.15, 0.2) is 65.1 Å². The molecule has 3 rings (SSSR count). The largest absolute Gasteiger partial charge is 0.481 e. The fourth-order valence-corrected chi connectivity index (χ4v) is 3.43. The van der Waals surface area contributed by atoms with Crippen molar-refractivity contribution < 1.29 is 23.9 Å². The summed E-state index contributed by atoms with van der Waals surface area (Å²) in [4.78, 5) is 35.5. The number of amides is 1. The Morgan fingerprint density at radius 2 is 1.69 bits per heavy atom. The third kappa shape index (κ3) is 5.79. The predicted octanol–water partition coefficient (Wildman–Crippen LogP) is 5.67. The highest BCUT2D eigenvalue weighted by molar-refractivity contribution is 9.10. The molecule has 1 amide bonds. The number of carbonyl (C=O) groups excluding carboxylic acids is 2. The maximum absolute atomic E-state index is 14.8. The Kier molecular flexibility index (Phi) is 7.37. The van der Waals surface area contributed by atoms with Crippen molar-refractivity contribution >= 4 is 50.7 Å². The number of aliphatic carboxylic acids is 1. The van der Waals surface area contributed by atoms with E-state index in [1.54, 1.807) is 49.4 Å².